The normalized spacial score (nSPS) is 30.3. The number of ether oxygens (including phenoxy) is 2. The molecule has 0 unspecified atom stereocenters. The highest BCUT2D eigenvalue weighted by Crippen LogP contribution is 2.42. The molecule has 3 aliphatic heterocycles. The molecular formula is C18H30N2O3. The Morgan fingerprint density at radius 2 is 1.74 bits per heavy atom. The molecule has 0 N–H and O–H groups in total. The van der Waals surface area contributed by atoms with Crippen LogP contribution in [0.1, 0.15) is 44.9 Å². The first-order valence-electron chi connectivity index (χ1n) is 9.47. The average Bonchev–Trinajstić information content (AvgIpc) is 3.08. The van der Waals surface area contributed by atoms with E-state index in [1.807, 2.05) is 4.90 Å². The molecule has 3 saturated heterocycles. The van der Waals surface area contributed by atoms with E-state index < -0.39 is 0 Å². The minimum Gasteiger partial charge on any atom is -0.378 e. The lowest BCUT2D eigenvalue weighted by Gasteiger charge is -2.39. The number of hydrogen-bond acceptors (Lipinski definition) is 3. The van der Waals surface area contributed by atoms with Crippen LogP contribution in [0, 0.1) is 11.3 Å². The molecule has 4 aliphatic rings. The lowest BCUT2D eigenvalue weighted by atomic mass is 9.77. The molecule has 1 spiro atoms. The van der Waals surface area contributed by atoms with E-state index in [-0.39, 0.29) is 12.1 Å². The summed E-state index contributed by atoms with van der Waals surface area (Å²) in [5.41, 5.74) is 0.301. The summed E-state index contributed by atoms with van der Waals surface area (Å²) in [6, 6.07) is 0.264. The van der Waals surface area contributed by atoms with Crippen LogP contribution < -0.4 is 0 Å². The number of carbonyl (C=O) groups excluding carboxylic acids is 1. The van der Waals surface area contributed by atoms with Crippen LogP contribution in [0.5, 0.6) is 0 Å². The lowest BCUT2D eigenvalue weighted by molar-refractivity contribution is 0.00971. The van der Waals surface area contributed by atoms with Crippen LogP contribution in [0.25, 0.3) is 0 Å². The van der Waals surface area contributed by atoms with Gasteiger partial charge in [0.1, 0.15) is 0 Å². The fourth-order valence-corrected chi connectivity index (χ4v) is 4.28. The van der Waals surface area contributed by atoms with E-state index in [4.69, 9.17) is 9.47 Å². The van der Waals surface area contributed by atoms with Gasteiger partial charge < -0.3 is 19.3 Å². The van der Waals surface area contributed by atoms with Gasteiger partial charge in [-0.1, -0.05) is 0 Å². The minimum absolute atomic E-state index is 0.264. The average molecular weight is 322 g/mol. The van der Waals surface area contributed by atoms with Gasteiger partial charge in [0.2, 0.25) is 0 Å². The van der Waals surface area contributed by atoms with Crippen molar-refractivity contribution in [2.24, 2.45) is 11.3 Å². The summed E-state index contributed by atoms with van der Waals surface area (Å²) < 4.78 is 11.8. The predicted octanol–water partition coefficient (Wildman–Crippen LogP) is 2.50. The number of hydrogen-bond donors (Lipinski definition) is 0. The third-order valence-electron chi connectivity index (χ3n) is 6.11. The summed E-state index contributed by atoms with van der Waals surface area (Å²) in [5.74, 6) is 0.824. The number of piperidine rings is 1. The number of amides is 2. The van der Waals surface area contributed by atoms with Gasteiger partial charge in [0, 0.05) is 32.8 Å². The van der Waals surface area contributed by atoms with Crippen LogP contribution in [0.4, 0.5) is 4.79 Å². The Morgan fingerprint density at radius 1 is 1.04 bits per heavy atom. The van der Waals surface area contributed by atoms with Crippen LogP contribution >= 0.6 is 0 Å². The minimum atomic E-state index is 0.264. The second-order valence-electron chi connectivity index (χ2n) is 8.08. The van der Waals surface area contributed by atoms with Crippen LogP contribution in [0.2, 0.25) is 0 Å². The topological polar surface area (TPSA) is 42.0 Å². The van der Waals surface area contributed by atoms with E-state index in [1.165, 1.54) is 25.7 Å². The number of carbonyl (C=O) groups is 1. The zero-order valence-corrected chi connectivity index (χ0v) is 14.2. The van der Waals surface area contributed by atoms with E-state index in [1.54, 1.807) is 0 Å². The maximum absolute atomic E-state index is 12.5. The van der Waals surface area contributed by atoms with Crippen molar-refractivity contribution >= 4 is 6.03 Å². The maximum atomic E-state index is 12.5. The Balaban J connectivity index is 1.21. The first-order valence-corrected chi connectivity index (χ1v) is 9.47. The van der Waals surface area contributed by atoms with Gasteiger partial charge in [-0.25, -0.2) is 4.79 Å². The van der Waals surface area contributed by atoms with Crippen LogP contribution in [0.15, 0.2) is 0 Å². The molecule has 0 aromatic heterocycles. The molecule has 130 valence electrons. The molecular weight excluding hydrogens is 292 g/mol. The first-order chi connectivity index (χ1) is 11.2. The molecule has 1 aliphatic carbocycles. The molecule has 4 fully saturated rings. The van der Waals surface area contributed by atoms with Crippen molar-refractivity contribution in [3.63, 3.8) is 0 Å². The third-order valence-corrected chi connectivity index (χ3v) is 6.11. The Kier molecular flexibility index (Phi) is 4.50. The predicted molar refractivity (Wildman–Crippen MR) is 87.3 cm³/mol. The van der Waals surface area contributed by atoms with Crippen molar-refractivity contribution in [1.29, 1.82) is 0 Å². The quantitative estimate of drug-likeness (QED) is 0.798. The molecule has 1 saturated carbocycles. The molecule has 0 aromatic carbocycles. The molecule has 23 heavy (non-hydrogen) atoms. The van der Waals surface area contributed by atoms with E-state index in [0.717, 1.165) is 71.2 Å². The highest BCUT2D eigenvalue weighted by Gasteiger charge is 2.43. The molecule has 0 aromatic rings. The Morgan fingerprint density at radius 3 is 2.43 bits per heavy atom. The van der Waals surface area contributed by atoms with Crippen molar-refractivity contribution in [3.8, 4) is 0 Å². The highest BCUT2D eigenvalue weighted by atomic mass is 16.5. The standard InChI is InChI=1S/C18H30N2O3/c21-17(19-7-1-2-8-19)20-9-5-18(6-10-20)11-16(23-14-18)13-22-12-15-3-4-15/h15-16H,1-14H2/t16-/m0/s1. The van der Waals surface area contributed by atoms with Crippen molar-refractivity contribution < 1.29 is 14.3 Å². The van der Waals surface area contributed by atoms with Gasteiger partial charge in [0.15, 0.2) is 0 Å². The number of likely N-dealkylation sites (tertiary alicyclic amines) is 2. The lowest BCUT2D eigenvalue weighted by Crippen LogP contribution is -2.48. The molecule has 0 radical (unpaired) electrons. The summed E-state index contributed by atoms with van der Waals surface area (Å²) in [5, 5.41) is 0. The largest absolute Gasteiger partial charge is 0.378 e. The van der Waals surface area contributed by atoms with Crippen molar-refractivity contribution in [1.82, 2.24) is 9.80 Å². The summed E-state index contributed by atoms with van der Waals surface area (Å²) in [6.45, 7) is 6.23. The molecule has 0 bridgehead atoms. The Bertz CT molecular complexity index is 424. The second-order valence-corrected chi connectivity index (χ2v) is 8.08. The van der Waals surface area contributed by atoms with Gasteiger partial charge in [-0.2, -0.15) is 0 Å². The van der Waals surface area contributed by atoms with Crippen LogP contribution in [-0.4, -0.2) is 67.9 Å². The van der Waals surface area contributed by atoms with Crippen molar-refractivity contribution in [3.05, 3.63) is 0 Å². The fraction of sp³-hybridized carbons (Fsp3) is 0.944. The van der Waals surface area contributed by atoms with Gasteiger partial charge in [0.05, 0.1) is 19.3 Å². The Labute approximate surface area is 139 Å². The SMILES string of the molecule is O=C(N1CCCC1)N1CCC2(CC1)CO[C@H](COCC1CC1)C2. The Hall–Kier alpha value is -0.810. The van der Waals surface area contributed by atoms with E-state index >= 15 is 0 Å². The van der Waals surface area contributed by atoms with Gasteiger partial charge in [0.25, 0.3) is 0 Å². The van der Waals surface area contributed by atoms with E-state index in [0.29, 0.717) is 5.41 Å². The molecule has 5 heteroatoms. The monoisotopic (exact) mass is 322 g/mol. The van der Waals surface area contributed by atoms with E-state index in [2.05, 4.69) is 4.90 Å². The zero-order chi connectivity index (χ0) is 15.7. The van der Waals surface area contributed by atoms with Gasteiger partial charge in [-0.05, 0) is 56.3 Å². The molecule has 1 atom stereocenters. The summed E-state index contributed by atoms with van der Waals surface area (Å²) >= 11 is 0. The van der Waals surface area contributed by atoms with Gasteiger partial charge in [-0.3, -0.25) is 0 Å². The van der Waals surface area contributed by atoms with E-state index in [9.17, 15) is 4.79 Å². The smallest absolute Gasteiger partial charge is 0.319 e. The zero-order valence-electron chi connectivity index (χ0n) is 14.2. The molecule has 3 heterocycles. The molecule has 2 amide bonds. The molecule has 4 rings (SSSR count). The van der Waals surface area contributed by atoms with Gasteiger partial charge in [-0.15, -0.1) is 0 Å². The molecule has 5 nitrogen and oxygen atoms in total. The number of rotatable bonds is 4. The summed E-state index contributed by atoms with van der Waals surface area (Å²) in [6.07, 6.45) is 8.59. The van der Waals surface area contributed by atoms with Crippen molar-refractivity contribution in [2.45, 2.75) is 51.0 Å². The van der Waals surface area contributed by atoms with Crippen LogP contribution in [0.3, 0.4) is 0 Å². The maximum Gasteiger partial charge on any atom is 0.319 e. The van der Waals surface area contributed by atoms with Crippen LogP contribution in [-0.2, 0) is 9.47 Å². The highest BCUT2D eigenvalue weighted by molar-refractivity contribution is 5.74. The summed E-state index contributed by atoms with van der Waals surface area (Å²) in [4.78, 5) is 16.6. The third kappa shape index (κ3) is 3.66. The van der Waals surface area contributed by atoms with Gasteiger partial charge >= 0.3 is 6.03 Å². The summed E-state index contributed by atoms with van der Waals surface area (Å²) in [7, 11) is 0. The van der Waals surface area contributed by atoms with Crippen molar-refractivity contribution in [2.75, 3.05) is 46.0 Å². The number of urea groups is 1. The first kappa shape index (κ1) is 15.7. The second kappa shape index (κ2) is 6.60. The fourth-order valence-electron chi connectivity index (χ4n) is 4.28. The number of nitrogens with zero attached hydrogens (tertiary/aromatic N) is 2.